The van der Waals surface area contributed by atoms with Crippen LogP contribution >= 0.6 is 24.0 Å². The fourth-order valence-corrected chi connectivity index (χ4v) is 1.77. The highest BCUT2D eigenvalue weighted by Crippen LogP contribution is 2.07. The lowest BCUT2D eigenvalue weighted by molar-refractivity contribution is 0.139. The van der Waals surface area contributed by atoms with Crippen LogP contribution in [-0.4, -0.2) is 45.4 Å². The van der Waals surface area contributed by atoms with Crippen molar-refractivity contribution in [3.05, 3.63) is 30.3 Å². The van der Waals surface area contributed by atoms with Crippen LogP contribution in [0.4, 0.5) is 0 Å². The van der Waals surface area contributed by atoms with E-state index >= 15 is 0 Å². The van der Waals surface area contributed by atoms with E-state index < -0.39 is 0 Å². The van der Waals surface area contributed by atoms with Crippen LogP contribution in [-0.2, 0) is 4.74 Å². The molecule has 2 N–H and O–H groups in total. The minimum atomic E-state index is 0. The lowest BCUT2D eigenvalue weighted by Crippen LogP contribution is -2.39. The Bertz CT molecular complexity index is 402. The number of guanidine groups is 1. The van der Waals surface area contributed by atoms with Gasteiger partial charge in [0.2, 0.25) is 0 Å². The first-order valence-corrected chi connectivity index (χ1v) is 8.14. The number of rotatable bonds is 11. The molecule has 0 spiro atoms. The van der Waals surface area contributed by atoms with Crippen molar-refractivity contribution in [2.45, 2.75) is 26.7 Å². The van der Waals surface area contributed by atoms with Gasteiger partial charge in [-0.3, -0.25) is 4.99 Å². The number of ether oxygens (including phenoxy) is 2. The summed E-state index contributed by atoms with van der Waals surface area (Å²) in [4.78, 5) is 4.47. The highest BCUT2D eigenvalue weighted by atomic mass is 127. The smallest absolute Gasteiger partial charge is 0.191 e. The summed E-state index contributed by atoms with van der Waals surface area (Å²) in [5.41, 5.74) is 0. The van der Waals surface area contributed by atoms with Gasteiger partial charge in [0.1, 0.15) is 12.4 Å². The molecule has 5 nitrogen and oxygen atoms in total. The molecule has 6 heteroatoms. The molecule has 0 heterocycles. The number of para-hydroxylation sites is 1. The van der Waals surface area contributed by atoms with Gasteiger partial charge >= 0.3 is 0 Å². The van der Waals surface area contributed by atoms with E-state index in [-0.39, 0.29) is 24.0 Å². The van der Waals surface area contributed by atoms with Crippen LogP contribution in [0.3, 0.4) is 0 Å². The van der Waals surface area contributed by atoms with Crippen LogP contribution in [0, 0.1) is 0 Å². The molecule has 1 rings (SSSR count). The van der Waals surface area contributed by atoms with E-state index in [4.69, 9.17) is 9.47 Å². The van der Waals surface area contributed by atoms with E-state index in [9.17, 15) is 0 Å². The average molecular weight is 435 g/mol. The Labute approximate surface area is 157 Å². The van der Waals surface area contributed by atoms with Crippen molar-refractivity contribution < 1.29 is 9.47 Å². The zero-order valence-corrected chi connectivity index (χ0v) is 16.5. The summed E-state index contributed by atoms with van der Waals surface area (Å²) >= 11 is 0. The molecule has 0 aromatic heterocycles. The summed E-state index contributed by atoms with van der Waals surface area (Å²) < 4.78 is 11.1. The minimum absolute atomic E-state index is 0. The number of nitrogens with zero attached hydrogens (tertiary/aromatic N) is 1. The molecule has 1 aromatic carbocycles. The largest absolute Gasteiger partial charge is 0.492 e. The molecule has 0 aliphatic carbocycles. The van der Waals surface area contributed by atoms with Gasteiger partial charge in [-0.15, -0.1) is 24.0 Å². The summed E-state index contributed by atoms with van der Waals surface area (Å²) in [6, 6.07) is 9.81. The Kier molecular flexibility index (Phi) is 15.2. The van der Waals surface area contributed by atoms with E-state index in [1.54, 1.807) is 0 Å². The van der Waals surface area contributed by atoms with Crippen molar-refractivity contribution in [2.75, 3.05) is 39.5 Å². The fourth-order valence-electron chi connectivity index (χ4n) is 1.77. The third kappa shape index (κ3) is 12.1. The summed E-state index contributed by atoms with van der Waals surface area (Å²) in [5, 5.41) is 6.46. The second-order valence-corrected chi connectivity index (χ2v) is 4.81. The molecular formula is C17H30IN3O2. The number of unbranched alkanes of at least 4 members (excludes halogenated alkanes) is 1. The van der Waals surface area contributed by atoms with Gasteiger partial charge < -0.3 is 20.1 Å². The van der Waals surface area contributed by atoms with Crippen molar-refractivity contribution in [1.82, 2.24) is 10.6 Å². The van der Waals surface area contributed by atoms with Gasteiger partial charge in [0.05, 0.1) is 19.7 Å². The molecule has 0 radical (unpaired) electrons. The fraction of sp³-hybridized carbons (Fsp3) is 0.588. The van der Waals surface area contributed by atoms with Gasteiger partial charge in [0.25, 0.3) is 0 Å². The molecule has 0 unspecified atom stereocenters. The van der Waals surface area contributed by atoms with Crippen molar-refractivity contribution in [2.24, 2.45) is 4.99 Å². The summed E-state index contributed by atoms with van der Waals surface area (Å²) in [6.07, 6.45) is 2.27. The second kappa shape index (κ2) is 15.9. The van der Waals surface area contributed by atoms with Gasteiger partial charge in [0, 0.05) is 13.2 Å². The molecule has 0 saturated carbocycles. The van der Waals surface area contributed by atoms with Crippen LogP contribution in [0.25, 0.3) is 0 Å². The third-order valence-corrected chi connectivity index (χ3v) is 2.90. The van der Waals surface area contributed by atoms with Crippen molar-refractivity contribution in [1.29, 1.82) is 0 Å². The van der Waals surface area contributed by atoms with Crippen LogP contribution < -0.4 is 15.4 Å². The normalized spacial score (nSPS) is 10.8. The Hall–Kier alpha value is -1.02. The molecule has 0 amide bonds. The lowest BCUT2D eigenvalue weighted by Gasteiger charge is -2.12. The molecular weight excluding hydrogens is 405 g/mol. The Morgan fingerprint density at radius 1 is 1.04 bits per heavy atom. The molecule has 0 fully saturated rings. The molecule has 0 aliphatic heterocycles. The average Bonchev–Trinajstić information content (AvgIpc) is 2.55. The SMILES string of the molecule is CCCCOCCN=C(NCC)NCCOc1ccccc1.I. The minimum Gasteiger partial charge on any atom is -0.492 e. The standard InChI is InChI=1S/C17H29N3O2.HI/c1-3-5-13-21-14-11-19-17(18-4-2)20-12-15-22-16-9-7-6-8-10-16;/h6-10H,3-5,11-15H2,1-2H3,(H2,18,19,20);1H. The van der Waals surface area contributed by atoms with Gasteiger partial charge in [-0.25, -0.2) is 0 Å². The molecule has 0 bridgehead atoms. The molecule has 0 atom stereocenters. The summed E-state index contributed by atoms with van der Waals surface area (Å²) in [5.74, 6) is 1.69. The maximum atomic E-state index is 5.63. The highest BCUT2D eigenvalue weighted by Gasteiger charge is 1.97. The molecule has 132 valence electrons. The maximum Gasteiger partial charge on any atom is 0.191 e. The van der Waals surface area contributed by atoms with Gasteiger partial charge in [-0.2, -0.15) is 0 Å². The quantitative estimate of drug-likeness (QED) is 0.243. The van der Waals surface area contributed by atoms with Crippen LogP contribution in [0.1, 0.15) is 26.7 Å². The van der Waals surface area contributed by atoms with Crippen LogP contribution in [0.5, 0.6) is 5.75 Å². The van der Waals surface area contributed by atoms with Crippen LogP contribution in [0.2, 0.25) is 0 Å². The van der Waals surface area contributed by atoms with E-state index in [2.05, 4.69) is 29.5 Å². The number of aliphatic imine (C=N–C) groups is 1. The van der Waals surface area contributed by atoms with E-state index in [1.807, 2.05) is 30.3 Å². The van der Waals surface area contributed by atoms with Crippen molar-refractivity contribution in [3.63, 3.8) is 0 Å². The highest BCUT2D eigenvalue weighted by molar-refractivity contribution is 14.0. The zero-order valence-electron chi connectivity index (χ0n) is 14.2. The third-order valence-electron chi connectivity index (χ3n) is 2.90. The number of nitrogens with one attached hydrogen (secondary N) is 2. The van der Waals surface area contributed by atoms with Gasteiger partial charge in [-0.05, 0) is 25.5 Å². The van der Waals surface area contributed by atoms with Crippen molar-refractivity contribution in [3.8, 4) is 5.75 Å². The first-order valence-electron chi connectivity index (χ1n) is 8.14. The van der Waals surface area contributed by atoms with Crippen LogP contribution in [0.15, 0.2) is 35.3 Å². The lowest BCUT2D eigenvalue weighted by atomic mass is 10.3. The van der Waals surface area contributed by atoms with E-state index in [1.165, 1.54) is 0 Å². The topological polar surface area (TPSA) is 54.9 Å². The first-order chi connectivity index (χ1) is 10.9. The Morgan fingerprint density at radius 3 is 2.52 bits per heavy atom. The Morgan fingerprint density at radius 2 is 1.83 bits per heavy atom. The molecule has 0 aliphatic rings. The Balaban J connectivity index is 0.00000484. The first kappa shape index (κ1) is 22.0. The summed E-state index contributed by atoms with van der Waals surface area (Å²) in [7, 11) is 0. The summed E-state index contributed by atoms with van der Waals surface area (Å²) in [6.45, 7) is 8.50. The van der Waals surface area contributed by atoms with E-state index in [0.717, 1.165) is 37.7 Å². The molecule has 23 heavy (non-hydrogen) atoms. The number of halogens is 1. The number of hydrogen-bond donors (Lipinski definition) is 2. The predicted molar refractivity (Wildman–Crippen MR) is 107 cm³/mol. The predicted octanol–water partition coefficient (Wildman–Crippen LogP) is 3.06. The van der Waals surface area contributed by atoms with Gasteiger partial charge in [-0.1, -0.05) is 31.5 Å². The van der Waals surface area contributed by atoms with Crippen molar-refractivity contribution >= 4 is 29.9 Å². The van der Waals surface area contributed by atoms with E-state index in [0.29, 0.717) is 26.3 Å². The monoisotopic (exact) mass is 435 g/mol. The van der Waals surface area contributed by atoms with Gasteiger partial charge in [0.15, 0.2) is 5.96 Å². The maximum absolute atomic E-state index is 5.63. The zero-order chi connectivity index (χ0) is 15.9. The second-order valence-electron chi connectivity index (χ2n) is 4.81. The number of benzene rings is 1. The number of hydrogen-bond acceptors (Lipinski definition) is 3. The molecule has 1 aromatic rings. The molecule has 0 saturated heterocycles.